The summed E-state index contributed by atoms with van der Waals surface area (Å²) >= 11 is 0. The summed E-state index contributed by atoms with van der Waals surface area (Å²) in [6.45, 7) is 3.08. The molecule has 2 rings (SSSR count). The molecule has 21 heavy (non-hydrogen) atoms. The van der Waals surface area contributed by atoms with Crippen molar-refractivity contribution >= 4 is 10.9 Å². The highest BCUT2D eigenvalue weighted by atomic mass is 16.7. The number of ether oxygens (including phenoxy) is 2. The first-order valence-electron chi connectivity index (χ1n) is 7.42. The lowest BCUT2D eigenvalue weighted by atomic mass is 10.1. The molecule has 0 amide bonds. The lowest BCUT2D eigenvalue weighted by molar-refractivity contribution is -0.122. The van der Waals surface area contributed by atoms with Gasteiger partial charge in [0.1, 0.15) is 0 Å². The van der Waals surface area contributed by atoms with Crippen LogP contribution in [0.3, 0.4) is 0 Å². The average Bonchev–Trinajstić information content (AvgIpc) is 2.53. The summed E-state index contributed by atoms with van der Waals surface area (Å²) in [5, 5.41) is 4.64. The van der Waals surface area contributed by atoms with Crippen molar-refractivity contribution in [3.05, 3.63) is 42.1 Å². The first-order chi connectivity index (χ1) is 10.3. The zero-order valence-electron chi connectivity index (χ0n) is 13.0. The van der Waals surface area contributed by atoms with E-state index >= 15 is 0 Å². The topological polar surface area (TPSA) is 43.4 Å². The molecular weight excluding hydrogens is 264 g/mol. The van der Waals surface area contributed by atoms with E-state index in [-0.39, 0.29) is 12.3 Å². The van der Waals surface area contributed by atoms with Crippen LogP contribution in [-0.2, 0) is 15.9 Å². The van der Waals surface area contributed by atoms with Crippen molar-refractivity contribution in [1.82, 2.24) is 10.3 Å². The van der Waals surface area contributed by atoms with Gasteiger partial charge in [0, 0.05) is 31.7 Å². The van der Waals surface area contributed by atoms with Gasteiger partial charge in [0.2, 0.25) is 0 Å². The smallest absolute Gasteiger partial charge is 0.172 e. The van der Waals surface area contributed by atoms with Crippen LogP contribution in [0.1, 0.15) is 19.0 Å². The second-order valence-electron chi connectivity index (χ2n) is 5.10. The molecule has 1 N–H and O–H groups in total. The summed E-state index contributed by atoms with van der Waals surface area (Å²) in [4.78, 5) is 4.72. The number of fused-ring (bicyclic) bond motifs is 1. The molecule has 4 heteroatoms. The van der Waals surface area contributed by atoms with Gasteiger partial charge in [-0.2, -0.15) is 0 Å². The Balaban J connectivity index is 2.16. The van der Waals surface area contributed by atoms with Gasteiger partial charge >= 0.3 is 0 Å². The van der Waals surface area contributed by atoms with E-state index in [2.05, 4.69) is 30.4 Å². The second kappa shape index (κ2) is 8.08. The Bertz CT molecular complexity index is 555. The number of hydrogen-bond acceptors (Lipinski definition) is 4. The summed E-state index contributed by atoms with van der Waals surface area (Å²) < 4.78 is 10.8. The van der Waals surface area contributed by atoms with E-state index in [1.807, 2.05) is 18.2 Å². The SMILES string of the molecule is CCCNC(Cc1ccc2ccccc2n1)C(OC)OC. The van der Waals surface area contributed by atoms with Crippen LogP contribution in [-0.4, -0.2) is 38.1 Å². The molecule has 0 fully saturated rings. The fraction of sp³-hybridized carbons (Fsp3) is 0.471. The van der Waals surface area contributed by atoms with E-state index in [9.17, 15) is 0 Å². The predicted molar refractivity (Wildman–Crippen MR) is 85.3 cm³/mol. The Hall–Kier alpha value is -1.49. The lowest BCUT2D eigenvalue weighted by Gasteiger charge is -2.25. The van der Waals surface area contributed by atoms with Crippen LogP contribution in [0.25, 0.3) is 10.9 Å². The Kier molecular flexibility index (Phi) is 6.11. The van der Waals surface area contributed by atoms with Gasteiger partial charge in [-0.25, -0.2) is 0 Å². The van der Waals surface area contributed by atoms with Crippen molar-refractivity contribution in [2.45, 2.75) is 32.1 Å². The van der Waals surface area contributed by atoms with Crippen molar-refractivity contribution in [3.63, 3.8) is 0 Å². The summed E-state index contributed by atoms with van der Waals surface area (Å²) in [5.41, 5.74) is 2.07. The molecule has 1 unspecified atom stereocenters. The van der Waals surface area contributed by atoms with Crippen molar-refractivity contribution in [2.24, 2.45) is 0 Å². The Labute approximate surface area is 126 Å². The minimum Gasteiger partial charge on any atom is -0.354 e. The molecule has 0 saturated carbocycles. The highest BCUT2D eigenvalue weighted by Gasteiger charge is 2.21. The monoisotopic (exact) mass is 288 g/mol. The van der Waals surface area contributed by atoms with E-state index in [1.54, 1.807) is 14.2 Å². The molecule has 1 aromatic heterocycles. The molecule has 0 spiro atoms. The van der Waals surface area contributed by atoms with Crippen molar-refractivity contribution in [3.8, 4) is 0 Å². The maximum Gasteiger partial charge on any atom is 0.172 e. The van der Waals surface area contributed by atoms with Gasteiger partial charge in [-0.05, 0) is 25.1 Å². The summed E-state index contributed by atoms with van der Waals surface area (Å²) in [7, 11) is 3.34. The third kappa shape index (κ3) is 4.24. The molecule has 0 aliphatic rings. The minimum atomic E-state index is -0.273. The Morgan fingerprint density at radius 1 is 1.10 bits per heavy atom. The maximum atomic E-state index is 5.41. The maximum absolute atomic E-state index is 5.41. The highest BCUT2D eigenvalue weighted by molar-refractivity contribution is 5.78. The number of nitrogens with zero attached hydrogens (tertiary/aromatic N) is 1. The van der Waals surface area contributed by atoms with Crippen LogP contribution in [0, 0.1) is 0 Å². The Morgan fingerprint density at radius 3 is 2.57 bits per heavy atom. The van der Waals surface area contributed by atoms with Gasteiger partial charge in [0.05, 0.1) is 11.6 Å². The molecule has 0 radical (unpaired) electrons. The number of benzene rings is 1. The fourth-order valence-electron chi connectivity index (χ4n) is 2.47. The van der Waals surface area contributed by atoms with Crippen LogP contribution >= 0.6 is 0 Å². The van der Waals surface area contributed by atoms with Crippen LogP contribution in [0.5, 0.6) is 0 Å². The highest BCUT2D eigenvalue weighted by Crippen LogP contribution is 2.14. The van der Waals surface area contributed by atoms with Crippen LogP contribution < -0.4 is 5.32 Å². The molecule has 1 heterocycles. The van der Waals surface area contributed by atoms with Gasteiger partial charge in [0.15, 0.2) is 6.29 Å². The molecular formula is C17H24N2O2. The molecule has 2 aromatic rings. The molecule has 1 aromatic carbocycles. The minimum absolute atomic E-state index is 0.0913. The molecule has 0 aliphatic heterocycles. The first-order valence-corrected chi connectivity index (χ1v) is 7.42. The number of pyridine rings is 1. The van der Waals surface area contributed by atoms with Crippen molar-refractivity contribution in [2.75, 3.05) is 20.8 Å². The van der Waals surface area contributed by atoms with E-state index in [0.29, 0.717) is 0 Å². The molecule has 0 bridgehead atoms. The van der Waals surface area contributed by atoms with Crippen LogP contribution in [0.4, 0.5) is 0 Å². The van der Waals surface area contributed by atoms with E-state index in [0.717, 1.165) is 36.0 Å². The zero-order chi connectivity index (χ0) is 15.1. The third-order valence-electron chi connectivity index (χ3n) is 3.53. The largest absolute Gasteiger partial charge is 0.354 e. The fourth-order valence-corrected chi connectivity index (χ4v) is 2.47. The quantitative estimate of drug-likeness (QED) is 0.759. The number of aromatic nitrogens is 1. The summed E-state index contributed by atoms with van der Waals surface area (Å²) in [5.74, 6) is 0. The van der Waals surface area contributed by atoms with Gasteiger partial charge in [-0.3, -0.25) is 4.98 Å². The number of rotatable bonds is 8. The average molecular weight is 288 g/mol. The van der Waals surface area contributed by atoms with Crippen molar-refractivity contribution in [1.29, 1.82) is 0 Å². The second-order valence-corrected chi connectivity index (χ2v) is 5.10. The standard InChI is InChI=1S/C17H24N2O2/c1-4-11-18-16(17(20-2)21-3)12-14-10-9-13-7-5-6-8-15(13)19-14/h5-10,16-18H,4,11-12H2,1-3H3. The van der Waals surface area contributed by atoms with Gasteiger partial charge in [-0.15, -0.1) is 0 Å². The van der Waals surface area contributed by atoms with E-state index < -0.39 is 0 Å². The number of hydrogen-bond donors (Lipinski definition) is 1. The van der Waals surface area contributed by atoms with Crippen molar-refractivity contribution < 1.29 is 9.47 Å². The van der Waals surface area contributed by atoms with Crippen LogP contribution in [0.15, 0.2) is 36.4 Å². The molecule has 4 nitrogen and oxygen atoms in total. The van der Waals surface area contributed by atoms with Crippen LogP contribution in [0.2, 0.25) is 0 Å². The number of nitrogens with one attached hydrogen (secondary N) is 1. The van der Waals surface area contributed by atoms with E-state index in [4.69, 9.17) is 14.5 Å². The zero-order valence-corrected chi connectivity index (χ0v) is 13.0. The first kappa shape index (κ1) is 15.9. The van der Waals surface area contributed by atoms with Gasteiger partial charge < -0.3 is 14.8 Å². The lowest BCUT2D eigenvalue weighted by Crippen LogP contribution is -2.44. The molecule has 114 valence electrons. The Morgan fingerprint density at radius 2 is 1.86 bits per heavy atom. The molecule has 0 saturated heterocycles. The molecule has 1 atom stereocenters. The summed E-state index contributed by atoms with van der Waals surface area (Å²) in [6.07, 6.45) is 1.57. The van der Waals surface area contributed by atoms with Gasteiger partial charge in [-0.1, -0.05) is 31.2 Å². The summed E-state index contributed by atoms with van der Waals surface area (Å²) in [6, 6.07) is 12.4. The number of methoxy groups -OCH3 is 2. The third-order valence-corrected chi connectivity index (χ3v) is 3.53. The normalized spacial score (nSPS) is 13.0. The predicted octanol–water partition coefficient (Wildman–Crippen LogP) is 2.76. The van der Waals surface area contributed by atoms with Gasteiger partial charge in [0.25, 0.3) is 0 Å². The molecule has 0 aliphatic carbocycles. The van der Waals surface area contributed by atoms with E-state index in [1.165, 1.54) is 0 Å². The number of para-hydroxylation sites is 1.